The lowest BCUT2D eigenvalue weighted by molar-refractivity contribution is -0.0657. The molecule has 0 aromatic heterocycles. The Bertz CT molecular complexity index is 285. The maximum absolute atomic E-state index is 6.16. The minimum atomic E-state index is 0.0459. The zero-order valence-corrected chi connectivity index (χ0v) is 11.8. The zero-order chi connectivity index (χ0) is 12.8. The van der Waals surface area contributed by atoms with Crippen LogP contribution in [0.2, 0.25) is 0 Å². The van der Waals surface area contributed by atoms with Crippen molar-refractivity contribution < 1.29 is 4.74 Å². The second-order valence-electron chi connectivity index (χ2n) is 5.68. The molecule has 1 aliphatic carbocycles. The molecular weight excluding hydrogens is 226 g/mol. The highest BCUT2D eigenvalue weighted by molar-refractivity contribution is 5.81. The first-order valence-electron chi connectivity index (χ1n) is 7.43. The summed E-state index contributed by atoms with van der Waals surface area (Å²) in [4.78, 5) is 4.45. The van der Waals surface area contributed by atoms with Gasteiger partial charge in [-0.3, -0.25) is 4.99 Å². The van der Waals surface area contributed by atoms with E-state index in [0.29, 0.717) is 6.04 Å². The second-order valence-corrected chi connectivity index (χ2v) is 5.68. The first kappa shape index (κ1) is 13.7. The minimum Gasteiger partial charge on any atom is -0.373 e. The largest absolute Gasteiger partial charge is 0.373 e. The minimum absolute atomic E-state index is 0.0459. The molecule has 1 fully saturated rings. The van der Waals surface area contributed by atoms with Gasteiger partial charge in [-0.05, 0) is 26.2 Å². The van der Waals surface area contributed by atoms with Crippen molar-refractivity contribution in [3.63, 3.8) is 0 Å². The summed E-state index contributed by atoms with van der Waals surface area (Å²) in [6, 6.07) is 0.464. The molecule has 1 heterocycles. The Hall–Kier alpha value is -0.770. The third kappa shape index (κ3) is 3.61. The fourth-order valence-corrected chi connectivity index (χ4v) is 2.79. The molecular formula is C14H27N3O. The lowest BCUT2D eigenvalue weighted by Crippen LogP contribution is -2.49. The number of ether oxygens (including phenoxy) is 1. The Morgan fingerprint density at radius 1 is 1.39 bits per heavy atom. The van der Waals surface area contributed by atoms with Gasteiger partial charge in [0.1, 0.15) is 0 Å². The van der Waals surface area contributed by atoms with Gasteiger partial charge in [-0.25, -0.2) is 0 Å². The van der Waals surface area contributed by atoms with Crippen LogP contribution in [-0.2, 0) is 4.74 Å². The molecule has 0 bridgehead atoms. The normalized spacial score (nSPS) is 26.6. The van der Waals surface area contributed by atoms with Gasteiger partial charge in [-0.2, -0.15) is 0 Å². The van der Waals surface area contributed by atoms with Gasteiger partial charge in [0.25, 0.3) is 0 Å². The predicted molar refractivity (Wildman–Crippen MR) is 75.0 cm³/mol. The molecule has 1 unspecified atom stereocenters. The number of nitrogens with zero attached hydrogens (tertiary/aromatic N) is 1. The summed E-state index contributed by atoms with van der Waals surface area (Å²) < 4.78 is 6.16. The average Bonchev–Trinajstić information content (AvgIpc) is 2.81. The van der Waals surface area contributed by atoms with E-state index in [-0.39, 0.29) is 5.60 Å². The molecule has 0 amide bonds. The molecule has 2 rings (SSSR count). The quantitative estimate of drug-likeness (QED) is 0.788. The smallest absolute Gasteiger partial charge is 0.191 e. The summed E-state index contributed by atoms with van der Waals surface area (Å²) in [6.07, 6.45) is 7.40. The molecule has 1 aliphatic heterocycles. The molecule has 18 heavy (non-hydrogen) atoms. The van der Waals surface area contributed by atoms with Gasteiger partial charge in [0, 0.05) is 19.2 Å². The molecule has 0 spiro atoms. The van der Waals surface area contributed by atoms with Crippen molar-refractivity contribution in [1.82, 2.24) is 10.6 Å². The summed E-state index contributed by atoms with van der Waals surface area (Å²) >= 11 is 0. The molecule has 0 aromatic carbocycles. The first-order chi connectivity index (χ1) is 8.74. The summed E-state index contributed by atoms with van der Waals surface area (Å²) in [5.74, 6) is 0.951. The molecule has 4 nitrogen and oxygen atoms in total. The Balaban J connectivity index is 1.84. The van der Waals surface area contributed by atoms with E-state index in [0.717, 1.165) is 32.1 Å². The van der Waals surface area contributed by atoms with Crippen molar-refractivity contribution in [1.29, 1.82) is 0 Å². The predicted octanol–water partition coefficient (Wildman–Crippen LogP) is 2.05. The first-order valence-corrected chi connectivity index (χ1v) is 7.43. The van der Waals surface area contributed by atoms with Gasteiger partial charge in [0.05, 0.1) is 12.1 Å². The van der Waals surface area contributed by atoms with Crippen LogP contribution in [0.4, 0.5) is 0 Å². The Labute approximate surface area is 111 Å². The number of hydrogen-bond donors (Lipinski definition) is 2. The number of guanidine groups is 1. The molecule has 2 N–H and O–H groups in total. The van der Waals surface area contributed by atoms with Crippen LogP contribution in [0.15, 0.2) is 4.99 Å². The van der Waals surface area contributed by atoms with E-state index in [2.05, 4.69) is 29.5 Å². The van der Waals surface area contributed by atoms with E-state index in [9.17, 15) is 0 Å². The zero-order valence-electron chi connectivity index (χ0n) is 11.8. The Morgan fingerprint density at radius 2 is 2.17 bits per heavy atom. The van der Waals surface area contributed by atoms with Crippen molar-refractivity contribution in [2.24, 2.45) is 4.99 Å². The second kappa shape index (κ2) is 6.41. The van der Waals surface area contributed by atoms with Crippen molar-refractivity contribution in [3.8, 4) is 0 Å². The van der Waals surface area contributed by atoms with Crippen molar-refractivity contribution in [2.45, 2.75) is 64.0 Å². The number of hydrogen-bond acceptors (Lipinski definition) is 4. The van der Waals surface area contributed by atoms with Crippen LogP contribution in [0, 0.1) is 0 Å². The maximum Gasteiger partial charge on any atom is 0.191 e. The van der Waals surface area contributed by atoms with Gasteiger partial charge in [0.15, 0.2) is 5.96 Å². The SMILES string of the molecule is CCCOC1(CNC2=NCC(C)N2)CCCCC1. The van der Waals surface area contributed by atoms with Gasteiger partial charge in [-0.1, -0.05) is 26.2 Å². The van der Waals surface area contributed by atoms with Crippen LogP contribution in [0.25, 0.3) is 0 Å². The highest BCUT2D eigenvalue weighted by Gasteiger charge is 2.33. The summed E-state index contributed by atoms with van der Waals surface area (Å²) in [5, 5.41) is 6.80. The maximum atomic E-state index is 6.16. The molecule has 2 aliphatic rings. The third-order valence-electron chi connectivity index (χ3n) is 3.86. The summed E-state index contributed by atoms with van der Waals surface area (Å²) in [6.45, 7) is 6.98. The van der Waals surface area contributed by atoms with E-state index in [1.165, 1.54) is 32.1 Å². The van der Waals surface area contributed by atoms with E-state index in [1.807, 2.05) is 0 Å². The van der Waals surface area contributed by atoms with Crippen LogP contribution in [-0.4, -0.2) is 37.3 Å². The lowest BCUT2D eigenvalue weighted by Gasteiger charge is -2.37. The molecule has 1 atom stereocenters. The van der Waals surface area contributed by atoms with Crippen LogP contribution in [0.3, 0.4) is 0 Å². The van der Waals surface area contributed by atoms with Gasteiger partial charge < -0.3 is 15.4 Å². The number of nitrogens with one attached hydrogen (secondary N) is 2. The van der Waals surface area contributed by atoms with Crippen LogP contribution in [0.1, 0.15) is 52.4 Å². The summed E-state index contributed by atoms with van der Waals surface area (Å²) in [5.41, 5.74) is 0.0459. The molecule has 0 saturated heterocycles. The van der Waals surface area contributed by atoms with E-state index in [1.54, 1.807) is 0 Å². The monoisotopic (exact) mass is 253 g/mol. The van der Waals surface area contributed by atoms with Crippen molar-refractivity contribution in [3.05, 3.63) is 0 Å². The average molecular weight is 253 g/mol. The van der Waals surface area contributed by atoms with Crippen molar-refractivity contribution in [2.75, 3.05) is 19.7 Å². The third-order valence-corrected chi connectivity index (χ3v) is 3.86. The molecule has 1 saturated carbocycles. The van der Waals surface area contributed by atoms with E-state index >= 15 is 0 Å². The van der Waals surface area contributed by atoms with Crippen LogP contribution in [0.5, 0.6) is 0 Å². The fraction of sp³-hybridized carbons (Fsp3) is 0.929. The van der Waals surface area contributed by atoms with Gasteiger partial charge in [-0.15, -0.1) is 0 Å². The van der Waals surface area contributed by atoms with Gasteiger partial charge >= 0.3 is 0 Å². The lowest BCUT2D eigenvalue weighted by atomic mass is 9.84. The fourth-order valence-electron chi connectivity index (χ4n) is 2.79. The van der Waals surface area contributed by atoms with Crippen LogP contribution >= 0.6 is 0 Å². The highest BCUT2D eigenvalue weighted by atomic mass is 16.5. The highest BCUT2D eigenvalue weighted by Crippen LogP contribution is 2.31. The topological polar surface area (TPSA) is 45.6 Å². The standard InChI is InChI=1S/C14H27N3O/c1-3-9-18-14(7-5-4-6-8-14)11-16-13-15-10-12(2)17-13/h12H,3-11H2,1-2H3,(H2,15,16,17). The Morgan fingerprint density at radius 3 is 2.78 bits per heavy atom. The van der Waals surface area contributed by atoms with E-state index in [4.69, 9.17) is 4.74 Å². The molecule has 0 radical (unpaired) electrons. The van der Waals surface area contributed by atoms with Gasteiger partial charge in [0.2, 0.25) is 0 Å². The van der Waals surface area contributed by atoms with Crippen LogP contribution < -0.4 is 10.6 Å². The summed E-state index contributed by atoms with van der Waals surface area (Å²) in [7, 11) is 0. The number of rotatable bonds is 5. The number of aliphatic imine (C=N–C) groups is 1. The molecule has 104 valence electrons. The van der Waals surface area contributed by atoms with E-state index < -0.39 is 0 Å². The van der Waals surface area contributed by atoms with Crippen molar-refractivity contribution >= 4 is 5.96 Å². The molecule has 0 aromatic rings. The molecule has 4 heteroatoms. The Kier molecular flexibility index (Phi) is 4.87.